The monoisotopic (exact) mass is 431 g/mol. The lowest BCUT2D eigenvalue weighted by molar-refractivity contribution is 0.415. The number of hydrazine groups is 1. The molecule has 4 nitrogen and oxygen atoms in total. The van der Waals surface area contributed by atoms with Crippen molar-refractivity contribution in [3.05, 3.63) is 24.3 Å². The van der Waals surface area contributed by atoms with Crippen molar-refractivity contribution in [2.45, 2.75) is 103 Å². The summed E-state index contributed by atoms with van der Waals surface area (Å²) in [6.45, 7) is 2.28. The summed E-state index contributed by atoms with van der Waals surface area (Å²) in [7, 11) is 1.68. The number of benzene rings is 1. The predicted molar refractivity (Wildman–Crippen MR) is 134 cm³/mol. The summed E-state index contributed by atoms with van der Waals surface area (Å²) in [5, 5.41) is 3.75. The maximum Gasteiger partial charge on any atom is 0.170 e. The highest BCUT2D eigenvalue weighted by atomic mass is 32.1. The van der Waals surface area contributed by atoms with E-state index < -0.39 is 0 Å². The predicted octanol–water partition coefficient (Wildman–Crippen LogP) is 7.23. The van der Waals surface area contributed by atoms with Gasteiger partial charge in [0.2, 0.25) is 0 Å². The molecule has 168 valence electrons. The van der Waals surface area contributed by atoms with Crippen molar-refractivity contribution < 1.29 is 4.74 Å². The van der Waals surface area contributed by atoms with Crippen molar-refractivity contribution in [2.75, 3.05) is 12.1 Å². The highest BCUT2D eigenvalue weighted by Crippen LogP contribution is 2.23. The van der Waals surface area contributed by atoms with E-state index in [1.54, 1.807) is 12.5 Å². The Morgan fingerprint density at radius 1 is 0.900 bits per heavy atom. The van der Waals surface area contributed by atoms with E-state index in [1.807, 2.05) is 29.3 Å². The topological polar surface area (TPSA) is 36.9 Å². The number of rotatable bonds is 17. The molecule has 0 spiro atoms. The van der Waals surface area contributed by atoms with Crippen LogP contribution in [-0.2, 0) is 0 Å². The molecule has 0 saturated heterocycles. The first-order valence-corrected chi connectivity index (χ1v) is 12.5. The van der Waals surface area contributed by atoms with E-state index in [1.165, 1.54) is 83.5 Å². The average Bonchev–Trinajstić information content (AvgIpc) is 3.20. The van der Waals surface area contributed by atoms with Gasteiger partial charge in [0.15, 0.2) is 6.17 Å². The molecule has 1 N–H and O–H groups in total. The number of hydrogen-bond acceptors (Lipinski definition) is 5. The van der Waals surface area contributed by atoms with Crippen LogP contribution in [0, 0.1) is 0 Å². The summed E-state index contributed by atoms with van der Waals surface area (Å²) < 4.78 is 5.24. The number of thiocarbonyl (C=S) groups is 1. The van der Waals surface area contributed by atoms with Crippen LogP contribution < -0.4 is 15.2 Å². The summed E-state index contributed by atoms with van der Waals surface area (Å²) in [6.07, 6.45) is 18.8. The molecule has 0 aromatic heterocycles. The Morgan fingerprint density at radius 3 is 1.93 bits per heavy atom. The quantitative estimate of drug-likeness (QED) is 0.208. The third-order valence-electron chi connectivity index (χ3n) is 5.79. The number of aliphatic imine (C=N–C) groups is 1. The highest BCUT2D eigenvalue weighted by Gasteiger charge is 2.24. The Balaban J connectivity index is 1.52. The van der Waals surface area contributed by atoms with E-state index in [0.29, 0.717) is 0 Å². The Kier molecular flexibility index (Phi) is 12.5. The number of unbranched alkanes of at least 4 members (excludes halogenated alkanes) is 12. The molecule has 5 heteroatoms. The second-order valence-corrected chi connectivity index (χ2v) is 8.57. The zero-order valence-electron chi connectivity index (χ0n) is 19.1. The van der Waals surface area contributed by atoms with Gasteiger partial charge in [-0.15, -0.1) is 0 Å². The number of amidine groups is 1. The van der Waals surface area contributed by atoms with Crippen LogP contribution in [-0.4, -0.2) is 24.5 Å². The number of anilines is 1. The van der Waals surface area contributed by atoms with Crippen LogP contribution in [0.1, 0.15) is 96.8 Å². The van der Waals surface area contributed by atoms with Crippen LogP contribution >= 0.6 is 12.2 Å². The van der Waals surface area contributed by atoms with E-state index >= 15 is 0 Å². The Morgan fingerprint density at radius 2 is 1.43 bits per heavy atom. The molecular formula is C25H41N3OS. The van der Waals surface area contributed by atoms with E-state index in [0.717, 1.165) is 23.7 Å². The number of ether oxygens (including phenoxy) is 1. The molecule has 0 saturated carbocycles. The van der Waals surface area contributed by atoms with Gasteiger partial charge in [-0.1, -0.05) is 96.2 Å². The first kappa shape index (κ1) is 24.6. The zero-order chi connectivity index (χ0) is 21.4. The van der Waals surface area contributed by atoms with Gasteiger partial charge in [-0.05, 0) is 30.7 Å². The van der Waals surface area contributed by atoms with Crippen molar-refractivity contribution in [3.8, 4) is 5.75 Å². The third kappa shape index (κ3) is 9.03. The molecule has 0 aliphatic carbocycles. The van der Waals surface area contributed by atoms with Gasteiger partial charge in [-0.2, -0.15) is 0 Å². The molecule has 1 aromatic rings. The largest absolute Gasteiger partial charge is 0.497 e. The van der Waals surface area contributed by atoms with Gasteiger partial charge in [-0.3, -0.25) is 10.4 Å². The zero-order valence-corrected chi connectivity index (χ0v) is 19.9. The minimum Gasteiger partial charge on any atom is -0.497 e. The number of nitrogens with one attached hydrogen (secondary N) is 1. The molecule has 0 fully saturated rings. The Hall–Kier alpha value is -1.62. The minimum absolute atomic E-state index is 0.120. The van der Waals surface area contributed by atoms with Crippen molar-refractivity contribution in [2.24, 2.45) is 4.99 Å². The molecule has 2 rings (SSSR count). The molecule has 1 heterocycles. The SMILES string of the molecule is CCCCCCCCCCCCCCCC1=NC(C=S)N(c2ccc(OC)cc2)N1. The standard InChI is InChI=1S/C25H41N3OS/c1-3-4-5-6-7-8-9-10-11-12-13-14-15-16-24-26-25(21-30)28(27-24)22-17-19-23(29-2)20-18-22/h17-21,25H,3-16H2,1-2H3,(H,26,27). The van der Waals surface area contributed by atoms with Gasteiger partial charge in [0.05, 0.1) is 12.8 Å². The van der Waals surface area contributed by atoms with Crippen LogP contribution in [0.3, 0.4) is 0 Å². The third-order valence-corrected chi connectivity index (χ3v) is 6.04. The summed E-state index contributed by atoms with van der Waals surface area (Å²) in [5.74, 6) is 1.89. The Labute approximate surface area is 189 Å². The fourth-order valence-corrected chi connectivity index (χ4v) is 4.12. The highest BCUT2D eigenvalue weighted by molar-refractivity contribution is 7.79. The maximum atomic E-state index is 5.24. The molecule has 30 heavy (non-hydrogen) atoms. The summed E-state index contributed by atoms with van der Waals surface area (Å²) in [6, 6.07) is 7.98. The molecule has 0 amide bonds. The van der Waals surface area contributed by atoms with Crippen molar-refractivity contribution in [1.82, 2.24) is 5.43 Å². The lowest BCUT2D eigenvalue weighted by Crippen LogP contribution is -2.41. The van der Waals surface area contributed by atoms with Crippen molar-refractivity contribution in [1.29, 1.82) is 0 Å². The second-order valence-electron chi connectivity index (χ2n) is 8.30. The number of methoxy groups -OCH3 is 1. The Bertz CT molecular complexity index is 617. The summed E-state index contributed by atoms with van der Waals surface area (Å²) in [5.41, 5.74) is 4.48. The smallest absolute Gasteiger partial charge is 0.170 e. The number of nitrogens with zero attached hydrogens (tertiary/aromatic N) is 2. The van der Waals surface area contributed by atoms with Gasteiger partial charge < -0.3 is 4.74 Å². The number of hydrogen-bond donors (Lipinski definition) is 1. The lowest BCUT2D eigenvalue weighted by atomic mass is 10.0. The fourth-order valence-electron chi connectivity index (χ4n) is 3.93. The van der Waals surface area contributed by atoms with Crippen LogP contribution in [0.25, 0.3) is 0 Å². The average molecular weight is 432 g/mol. The maximum absolute atomic E-state index is 5.24. The van der Waals surface area contributed by atoms with Gasteiger partial charge in [0.25, 0.3) is 0 Å². The first-order valence-electron chi connectivity index (χ1n) is 12.0. The molecule has 0 radical (unpaired) electrons. The summed E-state index contributed by atoms with van der Waals surface area (Å²) in [4.78, 5) is 4.74. The van der Waals surface area contributed by atoms with Gasteiger partial charge in [0.1, 0.15) is 11.6 Å². The molecule has 1 atom stereocenters. The fraction of sp³-hybridized carbons (Fsp3) is 0.680. The molecular weight excluding hydrogens is 390 g/mol. The van der Waals surface area contributed by atoms with Gasteiger partial charge in [-0.25, -0.2) is 4.99 Å². The molecule has 0 bridgehead atoms. The van der Waals surface area contributed by atoms with Gasteiger partial charge in [0, 0.05) is 11.8 Å². The van der Waals surface area contributed by atoms with Crippen molar-refractivity contribution >= 4 is 29.1 Å². The van der Waals surface area contributed by atoms with Gasteiger partial charge >= 0.3 is 0 Å². The van der Waals surface area contributed by atoms with Crippen LogP contribution in [0.5, 0.6) is 5.75 Å². The molecule has 1 unspecified atom stereocenters. The van der Waals surface area contributed by atoms with Crippen LogP contribution in [0.2, 0.25) is 0 Å². The van der Waals surface area contributed by atoms with E-state index in [-0.39, 0.29) is 6.17 Å². The van der Waals surface area contributed by atoms with Crippen molar-refractivity contribution in [3.63, 3.8) is 0 Å². The lowest BCUT2D eigenvalue weighted by Gasteiger charge is -2.23. The van der Waals surface area contributed by atoms with E-state index in [9.17, 15) is 0 Å². The molecule has 1 aliphatic rings. The molecule has 1 aromatic carbocycles. The first-order chi connectivity index (χ1) is 14.8. The van der Waals surface area contributed by atoms with Crippen LogP contribution in [0.4, 0.5) is 5.69 Å². The summed E-state index contributed by atoms with van der Waals surface area (Å²) >= 11 is 5.19. The van der Waals surface area contributed by atoms with E-state index in [4.69, 9.17) is 21.9 Å². The van der Waals surface area contributed by atoms with E-state index in [2.05, 4.69) is 12.3 Å². The van der Waals surface area contributed by atoms with Crippen LogP contribution in [0.15, 0.2) is 29.3 Å². The second kappa shape index (κ2) is 15.2. The normalized spacial score (nSPS) is 15.7. The minimum atomic E-state index is -0.120. The molecule has 1 aliphatic heterocycles.